The number of carboxylic acid groups (broad SMARTS) is 1. The first-order valence-electron chi connectivity index (χ1n) is 9.36. The number of nitriles is 1. The number of carboxylic acids is 1. The molecule has 2 N–H and O–H groups in total. The van der Waals surface area contributed by atoms with Gasteiger partial charge in [0.1, 0.15) is 11.1 Å². The summed E-state index contributed by atoms with van der Waals surface area (Å²) in [5.74, 6) is -2.41. The summed E-state index contributed by atoms with van der Waals surface area (Å²) in [7, 11) is 0. The molecule has 0 aliphatic heterocycles. The number of aryl methyl sites for hydroxylation is 1. The van der Waals surface area contributed by atoms with Gasteiger partial charge in [0.2, 0.25) is 5.91 Å². The Balaban J connectivity index is 1.60. The molecule has 4 atom stereocenters. The van der Waals surface area contributed by atoms with E-state index >= 15 is 0 Å². The number of amides is 1. The van der Waals surface area contributed by atoms with Crippen molar-refractivity contribution in [2.75, 3.05) is 5.32 Å². The number of carbonyl (C=O) groups is 2. The standard InChI is InChI=1S/C20H22N2O3S/c21-10-14-13-5-3-1-2-4-6-15(13)26-19(14)22-18(23)16-11-7-8-12(9-11)17(16)20(24)25/h7-8,11-12,16-17H,1-6,9H2,(H,22,23)(H,24,25)/t11-,12+,16-,17+/m1/s1. The number of fused-ring (bicyclic) bond motifs is 3. The van der Waals surface area contributed by atoms with Crippen LogP contribution in [-0.2, 0) is 22.4 Å². The summed E-state index contributed by atoms with van der Waals surface area (Å²) in [6, 6.07) is 2.28. The van der Waals surface area contributed by atoms with Crippen LogP contribution in [0, 0.1) is 35.0 Å². The number of nitrogens with one attached hydrogen (secondary N) is 1. The van der Waals surface area contributed by atoms with Crippen molar-refractivity contribution in [3.8, 4) is 6.07 Å². The fourth-order valence-electron chi connectivity index (χ4n) is 4.84. The van der Waals surface area contributed by atoms with Gasteiger partial charge in [-0.3, -0.25) is 9.59 Å². The Labute approximate surface area is 156 Å². The van der Waals surface area contributed by atoms with E-state index in [1.54, 1.807) is 0 Å². The molecule has 6 heteroatoms. The Morgan fingerprint density at radius 1 is 1.12 bits per heavy atom. The minimum atomic E-state index is -0.902. The van der Waals surface area contributed by atoms with Crippen molar-refractivity contribution in [2.24, 2.45) is 23.7 Å². The third kappa shape index (κ3) is 2.84. The number of aliphatic carboxylic acids is 1. The second-order valence-corrected chi connectivity index (χ2v) is 8.67. The summed E-state index contributed by atoms with van der Waals surface area (Å²) < 4.78 is 0. The molecule has 0 unspecified atom stereocenters. The van der Waals surface area contributed by atoms with E-state index in [0.29, 0.717) is 10.6 Å². The first-order valence-corrected chi connectivity index (χ1v) is 10.2. The summed E-state index contributed by atoms with van der Waals surface area (Å²) in [6.07, 6.45) is 11.1. The molecule has 1 fully saturated rings. The minimum absolute atomic E-state index is 0.00683. The molecule has 0 saturated heterocycles. The van der Waals surface area contributed by atoms with Crippen LogP contribution < -0.4 is 5.32 Å². The summed E-state index contributed by atoms with van der Waals surface area (Å²) in [5.41, 5.74) is 1.68. The van der Waals surface area contributed by atoms with Crippen LogP contribution in [-0.4, -0.2) is 17.0 Å². The smallest absolute Gasteiger partial charge is 0.307 e. The molecule has 5 nitrogen and oxygen atoms in total. The average Bonchev–Trinajstić information content (AvgIpc) is 3.27. The Kier molecular flexibility index (Phi) is 4.58. The summed E-state index contributed by atoms with van der Waals surface area (Å²) in [4.78, 5) is 25.8. The van der Waals surface area contributed by atoms with E-state index in [4.69, 9.17) is 0 Å². The number of nitrogens with zero attached hydrogens (tertiary/aromatic N) is 1. The van der Waals surface area contributed by atoms with Crippen LogP contribution in [0.3, 0.4) is 0 Å². The lowest BCUT2D eigenvalue weighted by Gasteiger charge is -2.23. The van der Waals surface area contributed by atoms with E-state index in [1.807, 2.05) is 12.2 Å². The molecule has 1 amide bonds. The maximum absolute atomic E-state index is 12.9. The van der Waals surface area contributed by atoms with E-state index < -0.39 is 17.8 Å². The van der Waals surface area contributed by atoms with E-state index in [0.717, 1.165) is 37.7 Å². The molecule has 26 heavy (non-hydrogen) atoms. The molecule has 0 radical (unpaired) electrons. The highest BCUT2D eigenvalue weighted by Crippen LogP contribution is 2.49. The van der Waals surface area contributed by atoms with E-state index in [1.165, 1.54) is 29.1 Å². The lowest BCUT2D eigenvalue weighted by atomic mass is 9.82. The number of rotatable bonds is 3. The summed E-state index contributed by atoms with van der Waals surface area (Å²) in [6.45, 7) is 0. The molecule has 136 valence electrons. The van der Waals surface area contributed by atoms with Crippen molar-refractivity contribution < 1.29 is 14.7 Å². The lowest BCUT2D eigenvalue weighted by Crippen LogP contribution is -2.36. The number of anilines is 1. The fourth-order valence-corrected chi connectivity index (χ4v) is 6.08. The van der Waals surface area contributed by atoms with Crippen molar-refractivity contribution in [3.05, 3.63) is 28.2 Å². The third-order valence-electron chi connectivity index (χ3n) is 6.07. The number of thiophene rings is 1. The molecule has 3 aliphatic rings. The summed E-state index contributed by atoms with van der Waals surface area (Å²) in [5, 5.41) is 22.7. The average molecular weight is 370 g/mol. The normalized spacial score (nSPS) is 29.5. The molecular formula is C20H22N2O3S. The predicted octanol–water partition coefficient (Wildman–Crippen LogP) is 3.74. The van der Waals surface area contributed by atoms with Crippen molar-refractivity contribution in [1.82, 2.24) is 0 Å². The zero-order valence-electron chi connectivity index (χ0n) is 14.5. The molecule has 1 aromatic heterocycles. The number of allylic oxidation sites excluding steroid dienone is 2. The molecule has 0 spiro atoms. The molecule has 1 saturated carbocycles. The Morgan fingerprint density at radius 3 is 2.50 bits per heavy atom. The Bertz CT molecular complexity index is 820. The monoisotopic (exact) mass is 370 g/mol. The van der Waals surface area contributed by atoms with Crippen LogP contribution in [0.5, 0.6) is 0 Å². The van der Waals surface area contributed by atoms with Gasteiger partial charge in [-0.25, -0.2) is 0 Å². The largest absolute Gasteiger partial charge is 0.481 e. The first kappa shape index (κ1) is 17.3. The molecule has 1 heterocycles. The maximum atomic E-state index is 12.9. The van der Waals surface area contributed by atoms with Crippen LogP contribution in [0.15, 0.2) is 12.2 Å². The third-order valence-corrected chi connectivity index (χ3v) is 7.27. The Hall–Kier alpha value is -2.13. The molecule has 3 aliphatic carbocycles. The van der Waals surface area contributed by atoms with Gasteiger partial charge in [0.15, 0.2) is 0 Å². The summed E-state index contributed by atoms with van der Waals surface area (Å²) >= 11 is 1.51. The number of hydrogen-bond acceptors (Lipinski definition) is 4. The second kappa shape index (κ2) is 6.88. The van der Waals surface area contributed by atoms with E-state index in [-0.39, 0.29) is 17.7 Å². The fraction of sp³-hybridized carbons (Fsp3) is 0.550. The van der Waals surface area contributed by atoms with Crippen molar-refractivity contribution in [2.45, 2.75) is 44.9 Å². The van der Waals surface area contributed by atoms with Crippen LogP contribution in [0.2, 0.25) is 0 Å². The number of carbonyl (C=O) groups excluding carboxylic acids is 1. The van der Waals surface area contributed by atoms with E-state index in [2.05, 4.69) is 11.4 Å². The van der Waals surface area contributed by atoms with Gasteiger partial charge in [0, 0.05) is 4.88 Å². The minimum Gasteiger partial charge on any atom is -0.481 e. The zero-order valence-corrected chi connectivity index (χ0v) is 15.3. The number of hydrogen-bond donors (Lipinski definition) is 2. The second-order valence-electron chi connectivity index (χ2n) is 7.56. The highest BCUT2D eigenvalue weighted by atomic mass is 32.1. The maximum Gasteiger partial charge on any atom is 0.307 e. The van der Waals surface area contributed by atoms with Crippen LogP contribution in [0.1, 0.15) is 48.1 Å². The Morgan fingerprint density at radius 2 is 1.81 bits per heavy atom. The van der Waals surface area contributed by atoms with Crippen molar-refractivity contribution in [1.29, 1.82) is 5.26 Å². The zero-order chi connectivity index (χ0) is 18.3. The molecule has 2 bridgehead atoms. The van der Waals surface area contributed by atoms with Crippen molar-refractivity contribution >= 4 is 28.2 Å². The quantitative estimate of drug-likeness (QED) is 0.793. The SMILES string of the molecule is N#Cc1c(NC(=O)[C@H]2[C@@H](C(=O)O)[C@H]3C=C[C@@H]2C3)sc2c1CCCCCC2. The van der Waals surface area contributed by atoms with Crippen molar-refractivity contribution in [3.63, 3.8) is 0 Å². The predicted molar refractivity (Wildman–Crippen MR) is 98.9 cm³/mol. The van der Waals surface area contributed by atoms with Gasteiger partial charge in [-0.15, -0.1) is 11.3 Å². The molecule has 4 rings (SSSR count). The van der Waals surface area contributed by atoms with Crippen LogP contribution in [0.25, 0.3) is 0 Å². The first-order chi connectivity index (χ1) is 12.6. The lowest BCUT2D eigenvalue weighted by molar-refractivity contribution is -0.146. The van der Waals surface area contributed by atoms with Gasteiger partial charge in [-0.05, 0) is 49.5 Å². The van der Waals surface area contributed by atoms with Gasteiger partial charge in [-0.2, -0.15) is 5.26 Å². The van der Waals surface area contributed by atoms with Gasteiger partial charge < -0.3 is 10.4 Å². The molecular weight excluding hydrogens is 348 g/mol. The van der Waals surface area contributed by atoms with E-state index in [9.17, 15) is 20.0 Å². The van der Waals surface area contributed by atoms with Gasteiger partial charge in [0.05, 0.1) is 17.4 Å². The molecule has 0 aromatic carbocycles. The van der Waals surface area contributed by atoms with Gasteiger partial charge in [-0.1, -0.05) is 25.0 Å². The van der Waals surface area contributed by atoms with Gasteiger partial charge >= 0.3 is 5.97 Å². The van der Waals surface area contributed by atoms with Crippen LogP contribution in [0.4, 0.5) is 5.00 Å². The molecule has 1 aromatic rings. The highest BCUT2D eigenvalue weighted by molar-refractivity contribution is 7.16. The highest BCUT2D eigenvalue weighted by Gasteiger charge is 2.51. The van der Waals surface area contributed by atoms with Gasteiger partial charge in [0.25, 0.3) is 0 Å². The van der Waals surface area contributed by atoms with Crippen LogP contribution >= 0.6 is 11.3 Å². The topological polar surface area (TPSA) is 90.2 Å².